The van der Waals surface area contributed by atoms with E-state index < -0.39 is 6.68 Å². The fraction of sp³-hybridized carbons (Fsp3) is 0.143. The number of rotatable bonds is 0. The van der Waals surface area contributed by atoms with E-state index in [9.17, 15) is 13.2 Å². The molecule has 0 atom stereocenters. The number of hydrogen-bond donors (Lipinski definition) is 0. The maximum absolute atomic E-state index is 9.67. The average Bonchev–Trinajstić information content (AvgIpc) is 1.90. The molecule has 0 unspecified atom stereocenters. The van der Waals surface area contributed by atoms with Crippen LogP contribution in [0.25, 0.3) is 0 Å². The Morgan fingerprint density at radius 3 is 0.818 bits per heavy atom. The molecule has 11 heavy (non-hydrogen) atoms. The second-order valence-corrected chi connectivity index (χ2v) is 1.40. The molecule has 0 aliphatic carbocycles. The first-order valence-corrected chi connectivity index (χ1v) is 2.65. The molecule has 0 fully saturated rings. The number of alkyl halides is 3. The van der Waals surface area contributed by atoms with E-state index in [1.54, 1.807) is 0 Å². The first-order valence-electron chi connectivity index (χ1n) is 2.65. The van der Waals surface area contributed by atoms with Crippen LogP contribution in [0.1, 0.15) is 0 Å². The average molecular weight is 168 g/mol. The first-order chi connectivity index (χ1) is 4.73. The van der Waals surface area contributed by atoms with Crippen LogP contribution in [-0.4, -0.2) is 6.68 Å². The summed E-state index contributed by atoms with van der Waals surface area (Å²) < 4.78 is 29.0. The first kappa shape index (κ1) is 12.6. The van der Waals surface area contributed by atoms with Crippen molar-refractivity contribution < 1.29 is 17.9 Å². The SMILES string of the molecule is F.FC(F)F.c1ccccc1. The highest BCUT2D eigenvalue weighted by Crippen LogP contribution is 1.87. The summed E-state index contributed by atoms with van der Waals surface area (Å²) in [5, 5.41) is 0. The lowest BCUT2D eigenvalue weighted by Crippen LogP contribution is -1.65. The molecular weight excluding hydrogens is 160 g/mol. The van der Waals surface area contributed by atoms with Crippen molar-refractivity contribution in [1.29, 1.82) is 0 Å². The number of hydrogen-bond acceptors (Lipinski definition) is 0. The lowest BCUT2D eigenvalue weighted by Gasteiger charge is -1.69. The molecule has 1 aromatic rings. The van der Waals surface area contributed by atoms with Crippen LogP contribution < -0.4 is 0 Å². The maximum Gasteiger partial charge on any atom is 0.379 e. The summed E-state index contributed by atoms with van der Waals surface area (Å²) in [5.41, 5.74) is 0. The van der Waals surface area contributed by atoms with E-state index in [-0.39, 0.29) is 4.70 Å². The summed E-state index contributed by atoms with van der Waals surface area (Å²) in [4.78, 5) is 0. The fourth-order valence-corrected chi connectivity index (χ4v) is 0.385. The molecule has 0 saturated carbocycles. The molecule has 4 heteroatoms. The Morgan fingerprint density at radius 2 is 0.727 bits per heavy atom. The molecule has 0 nitrogen and oxygen atoms in total. The standard InChI is InChI=1S/C6H6.CHF3.FH/c1-2-4-6-5-3-1;2-1(3)4;/h1-6H;1H;1H. The third-order valence-corrected chi connectivity index (χ3v) is 0.667. The van der Waals surface area contributed by atoms with Crippen molar-refractivity contribution in [1.82, 2.24) is 0 Å². The Labute approximate surface area is 62.0 Å². The quantitative estimate of drug-likeness (QED) is 0.522. The highest BCUT2D eigenvalue weighted by atomic mass is 19.4. The van der Waals surface area contributed by atoms with Crippen molar-refractivity contribution >= 4 is 0 Å². The third kappa shape index (κ3) is 17.6. The van der Waals surface area contributed by atoms with Gasteiger partial charge in [-0.15, -0.1) is 0 Å². The van der Waals surface area contributed by atoms with Crippen molar-refractivity contribution in [3.05, 3.63) is 36.4 Å². The zero-order chi connectivity index (χ0) is 7.82. The van der Waals surface area contributed by atoms with Gasteiger partial charge in [0, 0.05) is 0 Å². The molecule has 64 valence electrons. The van der Waals surface area contributed by atoms with Gasteiger partial charge in [-0.05, 0) is 0 Å². The minimum absolute atomic E-state index is 0. The number of benzene rings is 1. The Morgan fingerprint density at radius 1 is 0.636 bits per heavy atom. The largest absolute Gasteiger partial charge is 0.379 e. The van der Waals surface area contributed by atoms with E-state index in [2.05, 4.69) is 0 Å². The summed E-state index contributed by atoms with van der Waals surface area (Å²) in [6.45, 7) is -3.67. The summed E-state index contributed by atoms with van der Waals surface area (Å²) in [7, 11) is 0. The maximum atomic E-state index is 9.67. The summed E-state index contributed by atoms with van der Waals surface area (Å²) >= 11 is 0. The molecule has 0 heterocycles. The van der Waals surface area contributed by atoms with Gasteiger partial charge in [0.05, 0.1) is 0 Å². The molecule has 0 aromatic heterocycles. The fourth-order valence-electron chi connectivity index (χ4n) is 0.385. The second-order valence-electron chi connectivity index (χ2n) is 1.40. The predicted molar refractivity (Wildman–Crippen MR) is 36.1 cm³/mol. The Hall–Kier alpha value is -1.06. The van der Waals surface area contributed by atoms with E-state index in [0.29, 0.717) is 0 Å². The molecule has 0 radical (unpaired) electrons. The van der Waals surface area contributed by atoms with Gasteiger partial charge in [-0.25, -0.2) is 0 Å². The van der Waals surface area contributed by atoms with Crippen LogP contribution in [0.15, 0.2) is 36.4 Å². The van der Waals surface area contributed by atoms with Crippen LogP contribution in [0.4, 0.5) is 17.9 Å². The number of halogens is 4. The zero-order valence-corrected chi connectivity index (χ0v) is 5.58. The van der Waals surface area contributed by atoms with E-state index in [0.717, 1.165) is 0 Å². The van der Waals surface area contributed by atoms with Gasteiger partial charge in [0.25, 0.3) is 0 Å². The van der Waals surface area contributed by atoms with Crippen LogP contribution in [0.2, 0.25) is 0 Å². The highest BCUT2D eigenvalue weighted by molar-refractivity contribution is 4.99. The minimum Gasteiger partial charge on any atom is -0.269 e. The van der Waals surface area contributed by atoms with Crippen molar-refractivity contribution in [2.24, 2.45) is 0 Å². The molecule has 0 amide bonds. The van der Waals surface area contributed by atoms with Crippen LogP contribution in [-0.2, 0) is 0 Å². The van der Waals surface area contributed by atoms with Crippen LogP contribution in [0.5, 0.6) is 0 Å². The molecule has 1 rings (SSSR count). The normalized spacial score (nSPS) is 7.64. The smallest absolute Gasteiger partial charge is 0.269 e. The molecule has 0 bridgehead atoms. The van der Waals surface area contributed by atoms with Crippen molar-refractivity contribution in [2.75, 3.05) is 0 Å². The van der Waals surface area contributed by atoms with Gasteiger partial charge >= 0.3 is 6.68 Å². The van der Waals surface area contributed by atoms with Gasteiger partial charge in [0.1, 0.15) is 0 Å². The molecule has 0 aliphatic heterocycles. The van der Waals surface area contributed by atoms with Crippen LogP contribution in [0, 0.1) is 0 Å². The van der Waals surface area contributed by atoms with E-state index in [1.165, 1.54) is 0 Å². The predicted octanol–water partition coefficient (Wildman–Crippen LogP) is 3.02. The summed E-state index contributed by atoms with van der Waals surface area (Å²) in [6.07, 6.45) is 0. The second kappa shape index (κ2) is 8.94. The van der Waals surface area contributed by atoms with Crippen LogP contribution >= 0.6 is 0 Å². The van der Waals surface area contributed by atoms with Gasteiger partial charge < -0.3 is 0 Å². The molecule has 1 aromatic carbocycles. The Bertz CT molecular complexity index is 111. The van der Waals surface area contributed by atoms with Crippen molar-refractivity contribution in [2.45, 2.75) is 6.68 Å². The minimum atomic E-state index is -3.67. The van der Waals surface area contributed by atoms with E-state index in [1.807, 2.05) is 36.4 Å². The third-order valence-electron chi connectivity index (χ3n) is 0.667. The molecule has 0 saturated heterocycles. The molecule has 0 N–H and O–H groups in total. The van der Waals surface area contributed by atoms with E-state index in [4.69, 9.17) is 0 Å². The summed E-state index contributed by atoms with van der Waals surface area (Å²) in [6, 6.07) is 12.0. The van der Waals surface area contributed by atoms with Crippen molar-refractivity contribution in [3.8, 4) is 0 Å². The van der Waals surface area contributed by atoms with Gasteiger partial charge in [-0.3, -0.25) is 4.70 Å². The molecule has 0 aliphatic rings. The van der Waals surface area contributed by atoms with Gasteiger partial charge in [0.2, 0.25) is 0 Å². The lowest BCUT2D eigenvalue weighted by molar-refractivity contribution is 0.00819. The van der Waals surface area contributed by atoms with Crippen LogP contribution in [0.3, 0.4) is 0 Å². The zero-order valence-electron chi connectivity index (χ0n) is 5.58. The van der Waals surface area contributed by atoms with E-state index >= 15 is 0 Å². The van der Waals surface area contributed by atoms with Crippen molar-refractivity contribution in [3.63, 3.8) is 0 Å². The Kier molecular flexibility index (Phi) is 10.2. The Balaban J connectivity index is 0. The molecular formula is C7H8F4. The highest BCUT2D eigenvalue weighted by Gasteiger charge is 1.86. The van der Waals surface area contributed by atoms with Gasteiger partial charge in [0.15, 0.2) is 0 Å². The van der Waals surface area contributed by atoms with Gasteiger partial charge in [-0.1, -0.05) is 36.4 Å². The molecule has 0 spiro atoms. The topological polar surface area (TPSA) is 0 Å². The monoisotopic (exact) mass is 168 g/mol. The summed E-state index contributed by atoms with van der Waals surface area (Å²) in [5.74, 6) is 0. The van der Waals surface area contributed by atoms with Gasteiger partial charge in [-0.2, -0.15) is 13.2 Å². The lowest BCUT2D eigenvalue weighted by atomic mass is 10.4.